The number of carboxylic acids is 1. The van der Waals surface area contributed by atoms with Crippen molar-refractivity contribution in [3.05, 3.63) is 64.2 Å². The Labute approximate surface area is 128 Å². The number of nitrogens with zero attached hydrogens (tertiary/aromatic N) is 4. The molecule has 23 heavy (non-hydrogen) atoms. The molecule has 3 aromatic rings. The monoisotopic (exact) mass is 314 g/mol. The van der Waals surface area contributed by atoms with Crippen molar-refractivity contribution in [1.82, 2.24) is 15.0 Å². The van der Waals surface area contributed by atoms with Crippen molar-refractivity contribution in [1.29, 1.82) is 0 Å². The zero-order chi connectivity index (χ0) is 16.4. The van der Waals surface area contributed by atoms with Crippen LogP contribution in [0.4, 0.5) is 5.69 Å². The maximum absolute atomic E-state index is 10.8. The van der Waals surface area contributed by atoms with Crippen LogP contribution < -0.4 is 0 Å². The molecular formula is C14H10N4O5. The Morgan fingerprint density at radius 1 is 1.26 bits per heavy atom. The van der Waals surface area contributed by atoms with Gasteiger partial charge in [0.25, 0.3) is 5.69 Å². The molecule has 9 heteroatoms. The van der Waals surface area contributed by atoms with Gasteiger partial charge >= 0.3 is 5.97 Å². The minimum Gasteiger partial charge on any atom is -0.475 e. The molecule has 0 amide bonds. The normalized spacial score (nSPS) is 10.6. The van der Waals surface area contributed by atoms with Gasteiger partial charge in [-0.25, -0.2) is 9.48 Å². The van der Waals surface area contributed by atoms with Gasteiger partial charge in [0.05, 0.1) is 16.8 Å². The second kappa shape index (κ2) is 5.72. The van der Waals surface area contributed by atoms with Gasteiger partial charge in [-0.3, -0.25) is 10.1 Å². The van der Waals surface area contributed by atoms with Gasteiger partial charge in [-0.15, -0.1) is 5.10 Å². The molecule has 2 heterocycles. The topological polar surface area (TPSA) is 124 Å². The minimum absolute atomic E-state index is 0.00934. The molecule has 3 rings (SSSR count). The van der Waals surface area contributed by atoms with Crippen molar-refractivity contribution in [2.45, 2.75) is 6.54 Å². The Morgan fingerprint density at radius 2 is 2.00 bits per heavy atom. The van der Waals surface area contributed by atoms with Crippen LogP contribution in [0, 0.1) is 10.1 Å². The fourth-order valence-electron chi connectivity index (χ4n) is 2.08. The Balaban J connectivity index is 1.86. The van der Waals surface area contributed by atoms with E-state index in [1.807, 2.05) is 0 Å². The van der Waals surface area contributed by atoms with E-state index in [0.29, 0.717) is 17.0 Å². The van der Waals surface area contributed by atoms with Crippen molar-refractivity contribution in [3.8, 4) is 11.3 Å². The van der Waals surface area contributed by atoms with E-state index < -0.39 is 10.9 Å². The second-order valence-electron chi connectivity index (χ2n) is 4.65. The van der Waals surface area contributed by atoms with E-state index in [2.05, 4.69) is 10.3 Å². The predicted octanol–water partition coefficient (Wildman–Crippen LogP) is 2.19. The summed E-state index contributed by atoms with van der Waals surface area (Å²) in [4.78, 5) is 21.0. The third-order valence-corrected chi connectivity index (χ3v) is 3.17. The molecule has 0 saturated heterocycles. The molecule has 0 radical (unpaired) electrons. The number of carboxylic acid groups (broad SMARTS) is 1. The third kappa shape index (κ3) is 2.93. The summed E-state index contributed by atoms with van der Waals surface area (Å²) in [6, 6.07) is 8.88. The van der Waals surface area contributed by atoms with Crippen LogP contribution in [-0.4, -0.2) is 31.0 Å². The molecule has 0 spiro atoms. The quantitative estimate of drug-likeness (QED) is 0.565. The standard InChI is InChI=1S/C14H10N4O5/c19-14(20)13-6-5-11(23-13)8-17-12(7-15-16-17)9-1-3-10(4-2-9)18(21)22/h1-7H,8H2,(H,19,20). The first-order valence-electron chi connectivity index (χ1n) is 6.50. The van der Waals surface area contributed by atoms with Crippen LogP contribution >= 0.6 is 0 Å². The van der Waals surface area contributed by atoms with Gasteiger partial charge in [0, 0.05) is 17.7 Å². The molecule has 1 aromatic carbocycles. The van der Waals surface area contributed by atoms with Crippen LogP contribution in [-0.2, 0) is 6.54 Å². The second-order valence-corrected chi connectivity index (χ2v) is 4.65. The molecule has 0 aliphatic heterocycles. The van der Waals surface area contributed by atoms with E-state index in [9.17, 15) is 14.9 Å². The molecule has 0 fully saturated rings. The number of hydrogen-bond acceptors (Lipinski definition) is 6. The lowest BCUT2D eigenvalue weighted by molar-refractivity contribution is -0.384. The van der Waals surface area contributed by atoms with E-state index >= 15 is 0 Å². The van der Waals surface area contributed by atoms with E-state index in [0.717, 1.165) is 0 Å². The Hall–Kier alpha value is -3.49. The summed E-state index contributed by atoms with van der Waals surface area (Å²) in [5.74, 6) is -0.890. The van der Waals surface area contributed by atoms with Crippen molar-refractivity contribution in [3.63, 3.8) is 0 Å². The van der Waals surface area contributed by atoms with Gasteiger partial charge in [0.15, 0.2) is 0 Å². The number of carbonyl (C=O) groups is 1. The minimum atomic E-state index is -1.15. The summed E-state index contributed by atoms with van der Waals surface area (Å²) in [5, 5.41) is 27.3. The fourth-order valence-corrected chi connectivity index (χ4v) is 2.08. The Morgan fingerprint density at radius 3 is 2.61 bits per heavy atom. The molecule has 1 N–H and O–H groups in total. The molecule has 116 valence electrons. The number of non-ortho nitro benzene ring substituents is 1. The van der Waals surface area contributed by atoms with Crippen LogP contribution in [0.25, 0.3) is 11.3 Å². The molecule has 0 saturated carbocycles. The van der Waals surface area contributed by atoms with Gasteiger partial charge in [-0.1, -0.05) is 5.21 Å². The lowest BCUT2D eigenvalue weighted by atomic mass is 10.1. The zero-order valence-corrected chi connectivity index (χ0v) is 11.6. The fraction of sp³-hybridized carbons (Fsp3) is 0.0714. The highest BCUT2D eigenvalue weighted by Crippen LogP contribution is 2.22. The molecule has 0 unspecified atom stereocenters. The first kappa shape index (κ1) is 14.4. The molecule has 9 nitrogen and oxygen atoms in total. The number of rotatable bonds is 5. The summed E-state index contributed by atoms with van der Waals surface area (Å²) in [5.41, 5.74) is 1.32. The van der Waals surface area contributed by atoms with Crippen LogP contribution in [0.15, 0.2) is 47.0 Å². The average Bonchev–Trinajstić information content (AvgIpc) is 3.17. The van der Waals surface area contributed by atoms with Crippen LogP contribution in [0.3, 0.4) is 0 Å². The SMILES string of the molecule is O=C(O)c1ccc(Cn2nncc2-c2ccc([N+](=O)[O-])cc2)o1. The maximum atomic E-state index is 10.8. The summed E-state index contributed by atoms with van der Waals surface area (Å²) < 4.78 is 6.70. The summed E-state index contributed by atoms with van der Waals surface area (Å²) >= 11 is 0. The molecule has 0 bridgehead atoms. The molecule has 2 aromatic heterocycles. The first-order chi connectivity index (χ1) is 11.0. The summed E-state index contributed by atoms with van der Waals surface area (Å²) in [7, 11) is 0. The Bertz CT molecular complexity index is 865. The van der Waals surface area contributed by atoms with E-state index in [1.165, 1.54) is 29.1 Å². The van der Waals surface area contributed by atoms with E-state index in [1.54, 1.807) is 18.2 Å². The smallest absolute Gasteiger partial charge is 0.371 e. The van der Waals surface area contributed by atoms with Gasteiger partial charge in [0.1, 0.15) is 12.3 Å². The molecule has 0 atom stereocenters. The van der Waals surface area contributed by atoms with Crippen molar-refractivity contribution in [2.24, 2.45) is 0 Å². The number of hydrogen-bond donors (Lipinski definition) is 1. The van der Waals surface area contributed by atoms with Crippen LogP contribution in [0.2, 0.25) is 0 Å². The van der Waals surface area contributed by atoms with Gasteiger partial charge in [0.2, 0.25) is 5.76 Å². The number of aromatic carboxylic acids is 1. The van der Waals surface area contributed by atoms with Crippen molar-refractivity contribution < 1.29 is 19.2 Å². The summed E-state index contributed by atoms with van der Waals surface area (Å²) in [6.45, 7) is 0.194. The lowest BCUT2D eigenvalue weighted by Crippen LogP contribution is -2.03. The number of furan rings is 1. The highest BCUT2D eigenvalue weighted by molar-refractivity contribution is 5.84. The third-order valence-electron chi connectivity index (χ3n) is 3.17. The first-order valence-corrected chi connectivity index (χ1v) is 6.50. The molecular weight excluding hydrogens is 304 g/mol. The van der Waals surface area contributed by atoms with Gasteiger partial charge in [-0.2, -0.15) is 0 Å². The zero-order valence-electron chi connectivity index (χ0n) is 11.6. The highest BCUT2D eigenvalue weighted by atomic mass is 16.6. The van der Waals surface area contributed by atoms with Crippen molar-refractivity contribution >= 4 is 11.7 Å². The summed E-state index contributed by atoms with van der Waals surface area (Å²) in [6.07, 6.45) is 1.52. The highest BCUT2D eigenvalue weighted by Gasteiger charge is 2.13. The van der Waals surface area contributed by atoms with E-state index in [4.69, 9.17) is 9.52 Å². The number of nitro benzene ring substituents is 1. The molecule has 0 aliphatic carbocycles. The van der Waals surface area contributed by atoms with Crippen LogP contribution in [0.1, 0.15) is 16.3 Å². The van der Waals surface area contributed by atoms with Gasteiger partial charge in [-0.05, 0) is 24.3 Å². The van der Waals surface area contributed by atoms with Crippen LogP contribution in [0.5, 0.6) is 0 Å². The largest absolute Gasteiger partial charge is 0.475 e. The maximum Gasteiger partial charge on any atom is 0.371 e. The number of aromatic nitrogens is 3. The number of nitro groups is 1. The average molecular weight is 314 g/mol. The van der Waals surface area contributed by atoms with Crippen molar-refractivity contribution in [2.75, 3.05) is 0 Å². The van der Waals surface area contributed by atoms with E-state index in [-0.39, 0.29) is 18.0 Å². The Kier molecular flexibility index (Phi) is 3.59. The predicted molar refractivity (Wildman–Crippen MR) is 76.9 cm³/mol. The molecule has 0 aliphatic rings. The number of benzene rings is 1. The lowest BCUT2D eigenvalue weighted by Gasteiger charge is -2.04. The van der Waals surface area contributed by atoms with Gasteiger partial charge < -0.3 is 9.52 Å².